The summed E-state index contributed by atoms with van der Waals surface area (Å²) in [5, 5.41) is 11.6. The van der Waals surface area contributed by atoms with Crippen molar-refractivity contribution in [3.63, 3.8) is 0 Å². The molecule has 21 heavy (non-hydrogen) atoms. The lowest BCUT2D eigenvalue weighted by atomic mass is 10.0. The Hall–Kier alpha value is -1.38. The van der Waals surface area contributed by atoms with Crippen LogP contribution in [0.5, 0.6) is 0 Å². The molecule has 120 valence electrons. The molecule has 2 atom stereocenters. The first-order valence-corrected chi connectivity index (χ1v) is 7.04. The van der Waals surface area contributed by atoms with E-state index in [9.17, 15) is 9.59 Å². The average molecular weight is 302 g/mol. The summed E-state index contributed by atoms with van der Waals surface area (Å²) in [5.74, 6) is -0.927. The van der Waals surface area contributed by atoms with Crippen LogP contribution in [0.2, 0.25) is 0 Å². The van der Waals surface area contributed by atoms with Crippen LogP contribution in [0.15, 0.2) is 0 Å². The number of morpholine rings is 1. The molecule has 0 aromatic rings. The summed E-state index contributed by atoms with van der Waals surface area (Å²) >= 11 is 0. The average Bonchev–Trinajstić information content (AvgIpc) is 2.94. The second-order valence-electron chi connectivity index (χ2n) is 5.39. The minimum absolute atomic E-state index is 0.0976. The number of carbonyl (C=O) groups is 2. The molecule has 2 heterocycles. The number of hydrogen-bond acceptors (Lipinski definition) is 5. The third-order valence-electron chi connectivity index (χ3n) is 3.89. The number of amides is 2. The fraction of sp³-hybridized carbons (Fsp3) is 0.846. The molecule has 2 aliphatic rings. The summed E-state index contributed by atoms with van der Waals surface area (Å²) < 4.78 is 16.1. The van der Waals surface area contributed by atoms with Gasteiger partial charge in [-0.1, -0.05) is 0 Å². The highest BCUT2D eigenvalue weighted by molar-refractivity contribution is 5.74. The van der Waals surface area contributed by atoms with E-state index < -0.39 is 17.7 Å². The number of carboxylic acid groups (broad SMARTS) is 1. The summed E-state index contributed by atoms with van der Waals surface area (Å²) in [6, 6.07) is -0.225. The van der Waals surface area contributed by atoms with Crippen LogP contribution in [0, 0.1) is 0 Å². The second kappa shape index (κ2) is 7.06. The number of nitrogens with zero attached hydrogens (tertiary/aromatic N) is 1. The van der Waals surface area contributed by atoms with Crippen LogP contribution in [-0.2, 0) is 19.0 Å². The molecule has 2 unspecified atom stereocenters. The molecular weight excluding hydrogens is 280 g/mol. The molecule has 2 saturated heterocycles. The van der Waals surface area contributed by atoms with Gasteiger partial charge >= 0.3 is 12.0 Å². The zero-order chi connectivity index (χ0) is 15.3. The maximum atomic E-state index is 12.2. The van der Waals surface area contributed by atoms with Crippen molar-refractivity contribution in [1.82, 2.24) is 10.2 Å². The van der Waals surface area contributed by atoms with Gasteiger partial charge in [0.25, 0.3) is 0 Å². The van der Waals surface area contributed by atoms with E-state index in [-0.39, 0.29) is 19.0 Å². The van der Waals surface area contributed by atoms with Crippen molar-refractivity contribution in [2.24, 2.45) is 0 Å². The Morgan fingerprint density at radius 1 is 1.48 bits per heavy atom. The fourth-order valence-electron chi connectivity index (χ4n) is 2.53. The smallest absolute Gasteiger partial charge is 0.317 e. The third kappa shape index (κ3) is 4.29. The molecule has 8 heteroatoms. The maximum Gasteiger partial charge on any atom is 0.317 e. The highest BCUT2D eigenvalue weighted by atomic mass is 16.5. The van der Waals surface area contributed by atoms with Gasteiger partial charge in [0, 0.05) is 33.2 Å². The molecule has 0 saturated carbocycles. The topological polar surface area (TPSA) is 97.3 Å². The summed E-state index contributed by atoms with van der Waals surface area (Å²) in [4.78, 5) is 24.4. The van der Waals surface area contributed by atoms with Crippen LogP contribution in [0.1, 0.15) is 12.8 Å². The minimum Gasteiger partial charge on any atom is -0.481 e. The van der Waals surface area contributed by atoms with E-state index in [4.69, 9.17) is 19.3 Å². The number of nitrogens with one attached hydrogen (secondary N) is 1. The molecule has 2 N–H and O–H groups in total. The first-order valence-electron chi connectivity index (χ1n) is 7.04. The monoisotopic (exact) mass is 302 g/mol. The molecule has 2 fully saturated rings. The quantitative estimate of drug-likeness (QED) is 0.722. The number of hydrogen-bond donors (Lipinski definition) is 2. The number of ether oxygens (including phenoxy) is 3. The molecule has 0 spiro atoms. The molecule has 0 aliphatic carbocycles. The predicted molar refractivity (Wildman–Crippen MR) is 72.1 cm³/mol. The maximum absolute atomic E-state index is 12.2. The normalized spacial score (nSPS) is 29.4. The fourth-order valence-corrected chi connectivity index (χ4v) is 2.53. The van der Waals surface area contributed by atoms with Crippen molar-refractivity contribution in [3.05, 3.63) is 0 Å². The summed E-state index contributed by atoms with van der Waals surface area (Å²) in [7, 11) is 1.61. The molecule has 2 amide bonds. The Morgan fingerprint density at radius 3 is 2.90 bits per heavy atom. The van der Waals surface area contributed by atoms with Crippen LogP contribution in [0.4, 0.5) is 4.79 Å². The van der Waals surface area contributed by atoms with Gasteiger partial charge in [0.15, 0.2) is 0 Å². The van der Waals surface area contributed by atoms with Gasteiger partial charge in [0.2, 0.25) is 0 Å². The highest BCUT2D eigenvalue weighted by Crippen LogP contribution is 2.21. The van der Waals surface area contributed by atoms with Crippen molar-refractivity contribution >= 4 is 12.0 Å². The van der Waals surface area contributed by atoms with Crippen LogP contribution in [0.25, 0.3) is 0 Å². The Kier molecular flexibility index (Phi) is 5.38. The summed E-state index contributed by atoms with van der Waals surface area (Å²) in [6.45, 7) is 2.57. The van der Waals surface area contributed by atoms with Gasteiger partial charge in [-0.05, 0) is 0 Å². The number of methoxy groups -OCH3 is 1. The molecule has 2 aliphatic heterocycles. The zero-order valence-corrected chi connectivity index (χ0v) is 12.2. The van der Waals surface area contributed by atoms with Gasteiger partial charge in [-0.15, -0.1) is 0 Å². The van der Waals surface area contributed by atoms with E-state index in [2.05, 4.69) is 5.32 Å². The van der Waals surface area contributed by atoms with Crippen molar-refractivity contribution in [1.29, 1.82) is 0 Å². The molecular formula is C13H22N2O6. The summed E-state index contributed by atoms with van der Waals surface area (Å²) in [6.07, 6.45) is 0.196. The van der Waals surface area contributed by atoms with E-state index in [0.717, 1.165) is 6.42 Å². The van der Waals surface area contributed by atoms with Crippen LogP contribution < -0.4 is 5.32 Å². The van der Waals surface area contributed by atoms with E-state index in [1.807, 2.05) is 0 Å². The largest absolute Gasteiger partial charge is 0.481 e. The Labute approximate surface area is 123 Å². The molecule has 0 bridgehead atoms. The van der Waals surface area contributed by atoms with Gasteiger partial charge in [-0.25, -0.2) is 4.79 Å². The van der Waals surface area contributed by atoms with Crippen molar-refractivity contribution in [2.75, 3.05) is 46.6 Å². The standard InChI is InChI=1S/C13H22N2O6/c1-19-13(2-4-20-9-13)8-14-12(18)15-3-5-21-10(7-15)6-11(16)17/h10H,2-9H2,1H3,(H,14,18)(H,16,17). The van der Waals surface area contributed by atoms with Crippen molar-refractivity contribution in [3.8, 4) is 0 Å². The van der Waals surface area contributed by atoms with Gasteiger partial charge in [0.1, 0.15) is 5.60 Å². The SMILES string of the molecule is COC1(CNC(=O)N2CCOC(CC(=O)O)C2)CCOC1. The number of carboxylic acids is 1. The Morgan fingerprint density at radius 2 is 2.29 bits per heavy atom. The van der Waals surface area contributed by atoms with Crippen LogP contribution in [-0.4, -0.2) is 80.3 Å². The van der Waals surface area contributed by atoms with Crippen LogP contribution >= 0.6 is 0 Å². The first kappa shape index (κ1) is 16.0. The predicted octanol–water partition coefficient (Wildman–Crippen LogP) is -0.323. The second-order valence-corrected chi connectivity index (χ2v) is 5.39. The van der Waals surface area contributed by atoms with E-state index in [1.165, 1.54) is 0 Å². The van der Waals surface area contributed by atoms with Gasteiger partial charge < -0.3 is 29.5 Å². The lowest BCUT2D eigenvalue weighted by Crippen LogP contribution is -2.53. The molecule has 2 rings (SSSR count). The lowest BCUT2D eigenvalue weighted by Gasteiger charge is -2.33. The number of carbonyl (C=O) groups excluding carboxylic acids is 1. The number of rotatable bonds is 5. The molecule has 0 aromatic heterocycles. The highest BCUT2D eigenvalue weighted by Gasteiger charge is 2.36. The Bertz CT molecular complexity index is 383. The van der Waals surface area contributed by atoms with Gasteiger partial charge in [0.05, 0.1) is 32.3 Å². The third-order valence-corrected chi connectivity index (χ3v) is 3.89. The number of urea groups is 1. The van der Waals surface area contributed by atoms with E-state index >= 15 is 0 Å². The lowest BCUT2D eigenvalue weighted by molar-refractivity contribution is -0.141. The van der Waals surface area contributed by atoms with Gasteiger partial charge in [-0.2, -0.15) is 0 Å². The molecule has 8 nitrogen and oxygen atoms in total. The molecule has 0 radical (unpaired) electrons. The summed E-state index contributed by atoms with van der Waals surface area (Å²) in [5.41, 5.74) is -0.456. The zero-order valence-electron chi connectivity index (χ0n) is 12.2. The van der Waals surface area contributed by atoms with Crippen molar-refractivity contribution < 1.29 is 28.9 Å². The Balaban J connectivity index is 1.81. The van der Waals surface area contributed by atoms with E-state index in [1.54, 1.807) is 12.0 Å². The number of aliphatic carboxylic acids is 1. The van der Waals surface area contributed by atoms with E-state index in [0.29, 0.717) is 32.9 Å². The molecule has 0 aromatic carbocycles. The van der Waals surface area contributed by atoms with Gasteiger partial charge in [-0.3, -0.25) is 4.79 Å². The van der Waals surface area contributed by atoms with Crippen molar-refractivity contribution in [2.45, 2.75) is 24.5 Å². The minimum atomic E-state index is -0.927. The first-order chi connectivity index (χ1) is 10.0. The van der Waals surface area contributed by atoms with Crippen LogP contribution in [0.3, 0.4) is 0 Å².